The summed E-state index contributed by atoms with van der Waals surface area (Å²) in [6.45, 7) is 0. The van der Waals surface area contributed by atoms with Gasteiger partial charge in [0.2, 0.25) is 5.91 Å². The molecule has 18 heavy (non-hydrogen) atoms. The van der Waals surface area contributed by atoms with Crippen LogP contribution in [-0.4, -0.2) is 13.0 Å². The van der Waals surface area contributed by atoms with Crippen LogP contribution in [0.3, 0.4) is 0 Å². The minimum Gasteiger partial charge on any atom is -0.359 e. The van der Waals surface area contributed by atoms with Gasteiger partial charge in [-0.15, -0.1) is 0 Å². The normalized spacial score (nSPS) is 11.6. The molecule has 0 bridgehead atoms. The molecule has 0 fully saturated rings. The number of carbonyl (C=O) groups excluding carboxylic acids is 1. The van der Waals surface area contributed by atoms with E-state index in [1.807, 2.05) is 36.4 Å². The van der Waals surface area contributed by atoms with Crippen LogP contribution >= 0.6 is 0 Å². The third-order valence-electron chi connectivity index (χ3n) is 2.78. The first-order valence-electron chi connectivity index (χ1n) is 5.51. The number of fused-ring (bicyclic) bond motifs is 1. The van der Waals surface area contributed by atoms with Crippen molar-refractivity contribution < 1.29 is 4.79 Å². The van der Waals surface area contributed by atoms with E-state index in [2.05, 4.69) is 15.3 Å². The fourth-order valence-corrected chi connectivity index (χ4v) is 1.93. The number of amides is 1. The van der Waals surface area contributed by atoms with Gasteiger partial charge in [0, 0.05) is 12.0 Å². The fraction of sp³-hybridized carbons (Fsp3) is 0.154. The Morgan fingerprint density at radius 1 is 1.28 bits per heavy atom. The molecule has 1 N–H and O–H groups in total. The van der Waals surface area contributed by atoms with Crippen molar-refractivity contribution in [2.24, 2.45) is 5.11 Å². The quantitative estimate of drug-likeness (QED) is 0.499. The first kappa shape index (κ1) is 12.0. The number of carbonyl (C=O) groups is 1. The Balaban J connectivity index is 2.64. The van der Waals surface area contributed by atoms with Crippen LogP contribution in [0, 0.1) is 0 Å². The molecule has 5 heteroatoms. The van der Waals surface area contributed by atoms with E-state index in [0.29, 0.717) is 5.56 Å². The van der Waals surface area contributed by atoms with Crippen molar-refractivity contribution in [3.8, 4) is 0 Å². The summed E-state index contributed by atoms with van der Waals surface area (Å²) in [5.41, 5.74) is 9.31. The Labute approximate surface area is 104 Å². The van der Waals surface area contributed by atoms with Crippen molar-refractivity contribution in [3.05, 3.63) is 58.5 Å². The second-order valence-corrected chi connectivity index (χ2v) is 3.79. The van der Waals surface area contributed by atoms with Gasteiger partial charge in [0.1, 0.15) is 6.04 Å². The zero-order valence-electron chi connectivity index (χ0n) is 9.87. The summed E-state index contributed by atoms with van der Waals surface area (Å²) >= 11 is 0. The summed E-state index contributed by atoms with van der Waals surface area (Å²) in [5, 5.41) is 8.02. The molecule has 2 aromatic rings. The predicted molar refractivity (Wildman–Crippen MR) is 69.9 cm³/mol. The third-order valence-corrected chi connectivity index (χ3v) is 2.78. The lowest BCUT2D eigenvalue weighted by Gasteiger charge is -2.12. The number of nitrogens with zero attached hydrogens (tertiary/aromatic N) is 3. The lowest BCUT2D eigenvalue weighted by molar-refractivity contribution is -0.121. The number of likely N-dealkylation sites (N-methyl/N-ethyl adjacent to an activating group) is 1. The minimum atomic E-state index is -0.842. The molecular formula is C13H12N4O. The number of rotatable bonds is 3. The van der Waals surface area contributed by atoms with Crippen LogP contribution in [0.2, 0.25) is 0 Å². The summed E-state index contributed by atoms with van der Waals surface area (Å²) < 4.78 is 0. The standard InChI is InChI=1S/C13H12N4O/c1-15-13(18)12(16-17-14)11-8-4-6-9-5-2-3-7-10(9)11/h2-8,12H,1H3,(H,15,18). The van der Waals surface area contributed by atoms with E-state index in [1.165, 1.54) is 7.05 Å². The minimum absolute atomic E-state index is 0.316. The van der Waals surface area contributed by atoms with Crippen LogP contribution in [0.25, 0.3) is 21.2 Å². The van der Waals surface area contributed by atoms with Gasteiger partial charge in [0.05, 0.1) is 0 Å². The van der Waals surface area contributed by atoms with Crippen molar-refractivity contribution >= 4 is 16.7 Å². The maximum atomic E-state index is 11.8. The lowest BCUT2D eigenvalue weighted by atomic mass is 9.99. The molecule has 0 spiro atoms. The van der Waals surface area contributed by atoms with Crippen LogP contribution in [0.15, 0.2) is 47.6 Å². The molecule has 0 saturated carbocycles. The molecule has 0 aliphatic rings. The highest BCUT2D eigenvalue weighted by Crippen LogP contribution is 2.26. The zero-order chi connectivity index (χ0) is 13.0. The first-order valence-corrected chi connectivity index (χ1v) is 5.51. The molecular weight excluding hydrogens is 228 g/mol. The average Bonchev–Trinajstić information content (AvgIpc) is 2.43. The largest absolute Gasteiger partial charge is 0.359 e. The Morgan fingerprint density at radius 2 is 2.00 bits per heavy atom. The van der Waals surface area contributed by atoms with Crippen LogP contribution in [0.5, 0.6) is 0 Å². The van der Waals surface area contributed by atoms with Gasteiger partial charge in [-0.1, -0.05) is 47.6 Å². The molecule has 5 nitrogen and oxygen atoms in total. The van der Waals surface area contributed by atoms with Gasteiger partial charge < -0.3 is 5.32 Å². The van der Waals surface area contributed by atoms with Gasteiger partial charge in [-0.25, -0.2) is 0 Å². The highest BCUT2D eigenvalue weighted by Gasteiger charge is 2.19. The van der Waals surface area contributed by atoms with E-state index in [9.17, 15) is 4.79 Å². The Kier molecular flexibility index (Phi) is 3.46. The molecule has 0 heterocycles. The third kappa shape index (κ3) is 2.12. The Hall–Kier alpha value is -2.52. The maximum Gasteiger partial charge on any atom is 0.233 e. The van der Waals surface area contributed by atoms with Gasteiger partial charge in [0.15, 0.2) is 0 Å². The molecule has 90 valence electrons. The molecule has 2 aromatic carbocycles. The molecule has 1 atom stereocenters. The van der Waals surface area contributed by atoms with Gasteiger partial charge in [0.25, 0.3) is 0 Å². The lowest BCUT2D eigenvalue weighted by Crippen LogP contribution is -2.24. The van der Waals surface area contributed by atoms with E-state index < -0.39 is 6.04 Å². The maximum absolute atomic E-state index is 11.8. The second-order valence-electron chi connectivity index (χ2n) is 3.79. The predicted octanol–water partition coefficient (Wildman–Crippen LogP) is 2.94. The summed E-state index contributed by atoms with van der Waals surface area (Å²) in [6, 6.07) is 12.4. The Morgan fingerprint density at radius 3 is 2.72 bits per heavy atom. The topological polar surface area (TPSA) is 77.9 Å². The van der Waals surface area contributed by atoms with Crippen molar-refractivity contribution in [1.29, 1.82) is 0 Å². The van der Waals surface area contributed by atoms with Gasteiger partial charge in [-0.05, 0) is 21.9 Å². The number of nitrogens with one attached hydrogen (secondary N) is 1. The summed E-state index contributed by atoms with van der Waals surface area (Å²) in [6.07, 6.45) is 0. The van der Waals surface area contributed by atoms with Crippen molar-refractivity contribution in [1.82, 2.24) is 5.32 Å². The smallest absolute Gasteiger partial charge is 0.233 e. The van der Waals surface area contributed by atoms with E-state index in [4.69, 9.17) is 5.53 Å². The van der Waals surface area contributed by atoms with Gasteiger partial charge >= 0.3 is 0 Å². The van der Waals surface area contributed by atoms with Gasteiger partial charge in [-0.2, -0.15) is 0 Å². The molecule has 0 aliphatic heterocycles. The fourth-order valence-electron chi connectivity index (χ4n) is 1.93. The van der Waals surface area contributed by atoms with Crippen LogP contribution in [-0.2, 0) is 4.79 Å². The highest BCUT2D eigenvalue weighted by atomic mass is 16.2. The Bertz CT molecular complexity index is 626. The van der Waals surface area contributed by atoms with Crippen molar-refractivity contribution in [3.63, 3.8) is 0 Å². The van der Waals surface area contributed by atoms with Crippen LogP contribution in [0.1, 0.15) is 11.6 Å². The van der Waals surface area contributed by atoms with E-state index in [0.717, 1.165) is 10.8 Å². The first-order chi connectivity index (χ1) is 8.77. The van der Waals surface area contributed by atoms with Crippen LogP contribution in [0.4, 0.5) is 0 Å². The highest BCUT2D eigenvalue weighted by molar-refractivity contribution is 5.92. The SMILES string of the molecule is CNC(=O)C(N=[N+]=[N-])c1cccc2ccccc12. The van der Waals surface area contributed by atoms with Crippen molar-refractivity contribution in [2.75, 3.05) is 7.05 Å². The van der Waals surface area contributed by atoms with Crippen LogP contribution < -0.4 is 5.32 Å². The molecule has 0 aliphatic carbocycles. The zero-order valence-corrected chi connectivity index (χ0v) is 9.87. The number of benzene rings is 2. The monoisotopic (exact) mass is 240 g/mol. The summed E-state index contributed by atoms with van der Waals surface area (Å²) in [5.74, 6) is -0.316. The molecule has 0 radical (unpaired) electrons. The number of hydrogen-bond donors (Lipinski definition) is 1. The molecule has 0 aromatic heterocycles. The molecule has 0 saturated heterocycles. The van der Waals surface area contributed by atoms with Gasteiger partial charge in [-0.3, -0.25) is 4.79 Å². The molecule has 1 unspecified atom stereocenters. The average molecular weight is 240 g/mol. The summed E-state index contributed by atoms with van der Waals surface area (Å²) in [4.78, 5) is 14.5. The molecule has 1 amide bonds. The van der Waals surface area contributed by atoms with E-state index >= 15 is 0 Å². The summed E-state index contributed by atoms with van der Waals surface area (Å²) in [7, 11) is 1.52. The van der Waals surface area contributed by atoms with Crippen molar-refractivity contribution in [2.45, 2.75) is 6.04 Å². The molecule has 2 rings (SSSR count). The second kappa shape index (κ2) is 5.21. The number of azide groups is 1. The van der Waals surface area contributed by atoms with E-state index in [-0.39, 0.29) is 5.91 Å². The van der Waals surface area contributed by atoms with E-state index in [1.54, 1.807) is 6.07 Å². The number of hydrogen-bond acceptors (Lipinski definition) is 2.